The highest BCUT2D eigenvalue weighted by molar-refractivity contribution is 7.80. The van der Waals surface area contributed by atoms with Crippen molar-refractivity contribution in [1.29, 1.82) is 0 Å². The quantitative estimate of drug-likeness (QED) is 0.272. The van der Waals surface area contributed by atoms with E-state index < -0.39 is 0 Å². The van der Waals surface area contributed by atoms with Crippen LogP contribution in [0.4, 0.5) is 5.00 Å². The first-order valence-electron chi connectivity index (χ1n) is 9.61. The fourth-order valence-electron chi connectivity index (χ4n) is 2.83. The molecule has 2 N–H and O–H groups in total. The molecule has 0 aliphatic rings. The van der Waals surface area contributed by atoms with E-state index in [1.807, 2.05) is 24.3 Å². The van der Waals surface area contributed by atoms with Gasteiger partial charge >= 0.3 is 5.97 Å². The Morgan fingerprint density at radius 2 is 2.13 bits per heavy atom. The normalized spacial score (nSPS) is 10.6. The number of anilines is 1. The molecule has 0 fully saturated rings. The van der Waals surface area contributed by atoms with E-state index in [0.717, 1.165) is 24.3 Å². The number of thiophene rings is 1. The summed E-state index contributed by atoms with van der Waals surface area (Å²) in [6.07, 6.45) is 4.96. The SMILES string of the molecule is CCOC(=O)c1cc(Cc2ccccc2)sc1NC(=S)NCCCn1cc(Cl)cn1. The Labute approximate surface area is 190 Å². The van der Waals surface area contributed by atoms with Crippen molar-refractivity contribution in [1.82, 2.24) is 15.1 Å². The number of rotatable bonds is 9. The highest BCUT2D eigenvalue weighted by atomic mass is 35.5. The number of thiocarbonyl (C=S) groups is 1. The Balaban J connectivity index is 1.59. The number of aromatic nitrogens is 2. The number of benzene rings is 1. The number of carbonyl (C=O) groups excluding carboxylic acids is 1. The van der Waals surface area contributed by atoms with Crippen LogP contribution in [-0.4, -0.2) is 34.0 Å². The van der Waals surface area contributed by atoms with Crippen molar-refractivity contribution in [2.24, 2.45) is 0 Å². The maximum atomic E-state index is 12.4. The molecule has 2 aromatic heterocycles. The molecule has 0 atom stereocenters. The summed E-state index contributed by atoms with van der Waals surface area (Å²) >= 11 is 12.8. The van der Waals surface area contributed by atoms with Crippen LogP contribution in [0.25, 0.3) is 0 Å². The van der Waals surface area contributed by atoms with Crippen LogP contribution < -0.4 is 10.6 Å². The van der Waals surface area contributed by atoms with Crippen molar-refractivity contribution in [3.8, 4) is 0 Å². The van der Waals surface area contributed by atoms with Gasteiger partial charge in [-0.25, -0.2) is 4.79 Å². The maximum absolute atomic E-state index is 12.4. The van der Waals surface area contributed by atoms with Crippen LogP contribution in [0.15, 0.2) is 48.8 Å². The summed E-state index contributed by atoms with van der Waals surface area (Å²) in [5.41, 5.74) is 1.68. The predicted molar refractivity (Wildman–Crippen MR) is 126 cm³/mol. The molecule has 3 aromatic rings. The van der Waals surface area contributed by atoms with E-state index in [2.05, 4.69) is 27.9 Å². The third-order valence-electron chi connectivity index (χ3n) is 4.18. The molecule has 0 aliphatic carbocycles. The summed E-state index contributed by atoms with van der Waals surface area (Å²) in [5.74, 6) is -0.353. The zero-order valence-corrected chi connectivity index (χ0v) is 18.9. The van der Waals surface area contributed by atoms with Gasteiger partial charge < -0.3 is 15.4 Å². The van der Waals surface area contributed by atoms with Crippen molar-refractivity contribution in [3.05, 3.63) is 69.8 Å². The fourth-order valence-corrected chi connectivity index (χ4v) is 4.34. The Morgan fingerprint density at radius 1 is 1.33 bits per heavy atom. The van der Waals surface area contributed by atoms with Gasteiger partial charge in [0.15, 0.2) is 5.11 Å². The Morgan fingerprint density at radius 3 is 2.83 bits per heavy atom. The van der Waals surface area contributed by atoms with E-state index in [4.69, 9.17) is 28.6 Å². The number of halogens is 1. The second kappa shape index (κ2) is 11.1. The molecule has 9 heteroatoms. The number of esters is 1. The minimum atomic E-state index is -0.353. The molecule has 158 valence electrons. The minimum Gasteiger partial charge on any atom is -0.462 e. The zero-order chi connectivity index (χ0) is 21.3. The van der Waals surface area contributed by atoms with Crippen molar-refractivity contribution in [2.75, 3.05) is 18.5 Å². The molecule has 0 saturated carbocycles. The topological polar surface area (TPSA) is 68.2 Å². The summed E-state index contributed by atoms with van der Waals surface area (Å²) in [6, 6.07) is 12.0. The van der Waals surface area contributed by atoms with Gasteiger partial charge in [-0.3, -0.25) is 4.68 Å². The molecule has 0 bridgehead atoms. The average molecular weight is 463 g/mol. The van der Waals surface area contributed by atoms with Gasteiger partial charge in [0.25, 0.3) is 0 Å². The Hall–Kier alpha value is -2.42. The summed E-state index contributed by atoms with van der Waals surface area (Å²) in [6.45, 7) is 3.51. The van der Waals surface area contributed by atoms with Crippen LogP contribution in [0.1, 0.15) is 34.1 Å². The molecule has 0 saturated heterocycles. The Kier molecular flexibility index (Phi) is 8.24. The first-order valence-corrected chi connectivity index (χ1v) is 11.2. The largest absolute Gasteiger partial charge is 0.462 e. The third kappa shape index (κ3) is 6.55. The molecule has 3 rings (SSSR count). The van der Waals surface area contributed by atoms with E-state index >= 15 is 0 Å². The molecule has 30 heavy (non-hydrogen) atoms. The van der Waals surface area contributed by atoms with Crippen molar-refractivity contribution < 1.29 is 9.53 Å². The summed E-state index contributed by atoms with van der Waals surface area (Å²) in [5, 5.41) is 12.2. The lowest BCUT2D eigenvalue weighted by molar-refractivity contribution is 0.0528. The molecule has 0 amide bonds. The van der Waals surface area contributed by atoms with Crippen LogP contribution in [0.3, 0.4) is 0 Å². The molecule has 1 aromatic carbocycles. The van der Waals surface area contributed by atoms with Crippen LogP contribution in [-0.2, 0) is 17.7 Å². The van der Waals surface area contributed by atoms with Gasteiger partial charge in [0.1, 0.15) is 5.00 Å². The smallest absolute Gasteiger partial charge is 0.341 e. The fraction of sp³-hybridized carbons (Fsp3) is 0.286. The lowest BCUT2D eigenvalue weighted by Crippen LogP contribution is -2.30. The highest BCUT2D eigenvalue weighted by Gasteiger charge is 2.18. The molecule has 6 nitrogen and oxygen atoms in total. The second-order valence-corrected chi connectivity index (χ2v) is 8.48. The summed E-state index contributed by atoms with van der Waals surface area (Å²) in [4.78, 5) is 13.5. The number of nitrogens with one attached hydrogen (secondary N) is 2. The number of hydrogen-bond acceptors (Lipinski definition) is 5. The molecule has 0 radical (unpaired) electrons. The van der Waals surface area contributed by atoms with Gasteiger partial charge in [0.2, 0.25) is 0 Å². The number of carbonyl (C=O) groups is 1. The monoisotopic (exact) mass is 462 g/mol. The van der Waals surface area contributed by atoms with Crippen molar-refractivity contribution in [2.45, 2.75) is 26.3 Å². The van der Waals surface area contributed by atoms with Gasteiger partial charge in [-0.2, -0.15) is 5.10 Å². The van der Waals surface area contributed by atoms with E-state index in [0.29, 0.717) is 33.9 Å². The lowest BCUT2D eigenvalue weighted by atomic mass is 10.1. The van der Waals surface area contributed by atoms with E-state index in [1.54, 1.807) is 24.0 Å². The van der Waals surface area contributed by atoms with E-state index in [9.17, 15) is 4.79 Å². The lowest BCUT2D eigenvalue weighted by Gasteiger charge is -2.10. The van der Waals surface area contributed by atoms with Crippen molar-refractivity contribution in [3.63, 3.8) is 0 Å². The number of hydrogen-bond donors (Lipinski definition) is 2. The average Bonchev–Trinajstić information content (AvgIpc) is 3.32. The summed E-state index contributed by atoms with van der Waals surface area (Å²) < 4.78 is 6.99. The molecule has 0 aliphatic heterocycles. The van der Waals surface area contributed by atoms with Gasteiger partial charge in [0.05, 0.1) is 23.4 Å². The van der Waals surface area contributed by atoms with Gasteiger partial charge in [-0.1, -0.05) is 41.9 Å². The van der Waals surface area contributed by atoms with Crippen LogP contribution in [0.2, 0.25) is 5.02 Å². The molecular formula is C21H23ClN4O2S2. The van der Waals surface area contributed by atoms with E-state index in [1.165, 1.54) is 16.9 Å². The number of nitrogens with zero attached hydrogens (tertiary/aromatic N) is 2. The first kappa shape index (κ1) is 22.3. The minimum absolute atomic E-state index is 0.322. The van der Waals surface area contributed by atoms with Crippen LogP contribution in [0.5, 0.6) is 0 Å². The molecule has 0 spiro atoms. The van der Waals surface area contributed by atoms with Crippen molar-refractivity contribution >= 4 is 51.2 Å². The zero-order valence-electron chi connectivity index (χ0n) is 16.6. The molecular weight excluding hydrogens is 440 g/mol. The second-order valence-electron chi connectivity index (χ2n) is 6.49. The summed E-state index contributed by atoms with van der Waals surface area (Å²) in [7, 11) is 0. The van der Waals surface area contributed by atoms with Gasteiger partial charge in [-0.05, 0) is 37.2 Å². The maximum Gasteiger partial charge on any atom is 0.341 e. The number of ether oxygens (including phenoxy) is 1. The van der Waals surface area contributed by atoms with Crippen LogP contribution >= 0.6 is 35.2 Å². The molecule has 2 heterocycles. The van der Waals surface area contributed by atoms with Crippen LogP contribution in [0, 0.1) is 0 Å². The molecule has 0 unspecified atom stereocenters. The third-order valence-corrected chi connectivity index (χ3v) is 5.67. The number of aryl methyl sites for hydroxylation is 1. The van der Waals surface area contributed by atoms with E-state index in [-0.39, 0.29) is 5.97 Å². The Bertz CT molecular complexity index is 988. The predicted octanol–water partition coefficient (Wildman–Crippen LogP) is 4.74. The standard InChI is InChI=1S/C21H23ClN4O2S2/c1-2-28-20(27)18-12-17(11-15-7-4-3-5-8-15)30-19(18)25-21(29)23-9-6-10-26-14-16(22)13-24-26/h3-5,7-8,12-14H,2,6,9-11H2,1H3,(H2,23,25,29). The highest BCUT2D eigenvalue weighted by Crippen LogP contribution is 2.30. The van der Waals surface area contributed by atoms with Gasteiger partial charge in [0, 0.05) is 30.6 Å². The van der Waals surface area contributed by atoms with Gasteiger partial charge in [-0.15, -0.1) is 11.3 Å². The first-order chi connectivity index (χ1) is 14.5.